The highest BCUT2D eigenvalue weighted by Gasteiger charge is 2.34. The number of pyridine rings is 1. The molecule has 0 aliphatic heterocycles. The molecule has 1 aromatic heterocycles. The van der Waals surface area contributed by atoms with Crippen molar-refractivity contribution in [3.05, 3.63) is 84.7 Å². The number of rotatable bonds is 5. The van der Waals surface area contributed by atoms with Gasteiger partial charge in [0.15, 0.2) is 0 Å². The van der Waals surface area contributed by atoms with Crippen molar-refractivity contribution >= 4 is 11.6 Å². The van der Waals surface area contributed by atoms with E-state index in [1.807, 2.05) is 53.4 Å². The Morgan fingerprint density at radius 1 is 0.920 bits per heavy atom. The fourth-order valence-electron chi connectivity index (χ4n) is 2.98. The summed E-state index contributed by atoms with van der Waals surface area (Å²) >= 11 is 0. The number of amides is 1. The van der Waals surface area contributed by atoms with Gasteiger partial charge in [0.1, 0.15) is 0 Å². The number of carbonyl (C=O) groups is 1. The number of hydrogen-bond acceptors (Lipinski definition) is 2. The molecule has 1 heterocycles. The lowest BCUT2D eigenvalue weighted by Crippen LogP contribution is -2.32. The molecule has 25 heavy (non-hydrogen) atoms. The lowest BCUT2D eigenvalue weighted by atomic mass is 10.0. The van der Waals surface area contributed by atoms with E-state index in [2.05, 4.69) is 29.2 Å². The van der Waals surface area contributed by atoms with E-state index in [0.29, 0.717) is 6.54 Å². The van der Waals surface area contributed by atoms with Crippen LogP contribution in [0.1, 0.15) is 18.5 Å². The molecule has 4 rings (SSSR count). The lowest BCUT2D eigenvalue weighted by Gasteiger charge is -2.23. The van der Waals surface area contributed by atoms with Gasteiger partial charge in [0, 0.05) is 17.8 Å². The molecule has 124 valence electrons. The Morgan fingerprint density at radius 3 is 2.40 bits per heavy atom. The van der Waals surface area contributed by atoms with Crippen molar-refractivity contribution < 1.29 is 4.79 Å². The molecule has 0 bridgehead atoms. The topological polar surface area (TPSA) is 33.2 Å². The first-order valence-electron chi connectivity index (χ1n) is 8.68. The first-order valence-corrected chi connectivity index (χ1v) is 8.68. The van der Waals surface area contributed by atoms with Gasteiger partial charge in [-0.25, -0.2) is 0 Å². The third-order valence-corrected chi connectivity index (χ3v) is 4.50. The van der Waals surface area contributed by atoms with Gasteiger partial charge in [0.2, 0.25) is 5.91 Å². The number of anilines is 1. The van der Waals surface area contributed by atoms with Gasteiger partial charge < -0.3 is 4.90 Å². The highest BCUT2D eigenvalue weighted by atomic mass is 16.2. The number of nitrogens with zero attached hydrogens (tertiary/aromatic N) is 2. The van der Waals surface area contributed by atoms with Gasteiger partial charge in [-0.3, -0.25) is 9.78 Å². The Morgan fingerprint density at radius 2 is 1.68 bits per heavy atom. The second-order valence-electron chi connectivity index (χ2n) is 6.44. The van der Waals surface area contributed by atoms with Crippen molar-refractivity contribution in [2.24, 2.45) is 5.92 Å². The molecule has 0 spiro atoms. The molecular weight excluding hydrogens is 308 g/mol. The van der Waals surface area contributed by atoms with E-state index < -0.39 is 0 Å². The molecule has 0 radical (unpaired) electrons. The monoisotopic (exact) mass is 328 g/mol. The first-order chi connectivity index (χ1) is 12.3. The molecule has 1 aliphatic rings. The summed E-state index contributed by atoms with van der Waals surface area (Å²) in [6.45, 7) is 0.508. The van der Waals surface area contributed by atoms with Crippen LogP contribution in [0.2, 0.25) is 0 Å². The predicted molar refractivity (Wildman–Crippen MR) is 100 cm³/mol. The standard InChI is InChI=1S/C22H20N2O/c25-22(18-12-13-18)24(16-20-10-4-5-14-23-20)21-11-6-9-19(15-21)17-7-2-1-3-8-17/h1-11,14-15,18H,12-13,16H2. The average Bonchev–Trinajstić information content (AvgIpc) is 3.53. The van der Waals surface area contributed by atoms with Crippen LogP contribution in [-0.4, -0.2) is 10.9 Å². The highest BCUT2D eigenvalue weighted by molar-refractivity contribution is 5.96. The van der Waals surface area contributed by atoms with Gasteiger partial charge in [-0.1, -0.05) is 48.5 Å². The molecule has 1 fully saturated rings. The van der Waals surface area contributed by atoms with Gasteiger partial charge in [-0.05, 0) is 48.2 Å². The summed E-state index contributed by atoms with van der Waals surface area (Å²) in [7, 11) is 0. The Balaban J connectivity index is 1.68. The van der Waals surface area contributed by atoms with Gasteiger partial charge in [0.25, 0.3) is 0 Å². The van der Waals surface area contributed by atoms with Crippen LogP contribution < -0.4 is 4.90 Å². The average molecular weight is 328 g/mol. The molecule has 0 N–H and O–H groups in total. The number of hydrogen-bond donors (Lipinski definition) is 0. The zero-order valence-corrected chi connectivity index (χ0v) is 14.0. The Bertz CT molecular complexity index is 857. The fraction of sp³-hybridized carbons (Fsp3) is 0.182. The summed E-state index contributed by atoms with van der Waals surface area (Å²) in [6, 6.07) is 24.3. The van der Waals surface area contributed by atoms with Crippen molar-refractivity contribution in [2.45, 2.75) is 19.4 Å². The number of carbonyl (C=O) groups excluding carboxylic acids is 1. The maximum atomic E-state index is 12.9. The van der Waals surface area contributed by atoms with E-state index in [9.17, 15) is 4.79 Å². The molecule has 0 atom stereocenters. The predicted octanol–water partition coefficient (Wildman–Crippen LogP) is 4.69. The minimum atomic E-state index is 0.170. The minimum absolute atomic E-state index is 0.170. The van der Waals surface area contributed by atoms with Crippen molar-refractivity contribution in [2.75, 3.05) is 4.90 Å². The van der Waals surface area contributed by atoms with E-state index >= 15 is 0 Å². The Labute approximate surface area is 148 Å². The summed E-state index contributed by atoms with van der Waals surface area (Å²) < 4.78 is 0. The molecule has 3 aromatic rings. The maximum absolute atomic E-state index is 12.9. The fourth-order valence-corrected chi connectivity index (χ4v) is 2.98. The third-order valence-electron chi connectivity index (χ3n) is 4.50. The quantitative estimate of drug-likeness (QED) is 0.680. The molecular formula is C22H20N2O. The zero-order chi connectivity index (χ0) is 17.1. The van der Waals surface area contributed by atoms with Gasteiger partial charge in [-0.15, -0.1) is 0 Å². The van der Waals surface area contributed by atoms with Crippen LogP contribution in [0.25, 0.3) is 11.1 Å². The van der Waals surface area contributed by atoms with Crippen molar-refractivity contribution in [1.82, 2.24) is 4.98 Å². The van der Waals surface area contributed by atoms with Crippen LogP contribution in [0.3, 0.4) is 0 Å². The van der Waals surface area contributed by atoms with E-state index in [-0.39, 0.29) is 11.8 Å². The molecule has 1 saturated carbocycles. The van der Waals surface area contributed by atoms with Crippen molar-refractivity contribution in [3.63, 3.8) is 0 Å². The summed E-state index contributed by atoms with van der Waals surface area (Å²) in [4.78, 5) is 19.1. The largest absolute Gasteiger partial charge is 0.306 e. The summed E-state index contributed by atoms with van der Waals surface area (Å²) in [5.74, 6) is 0.375. The van der Waals surface area contributed by atoms with Crippen molar-refractivity contribution in [1.29, 1.82) is 0 Å². The molecule has 2 aromatic carbocycles. The molecule has 3 heteroatoms. The lowest BCUT2D eigenvalue weighted by molar-refractivity contribution is -0.119. The second-order valence-corrected chi connectivity index (χ2v) is 6.44. The van der Waals surface area contributed by atoms with Crippen molar-refractivity contribution in [3.8, 4) is 11.1 Å². The Hall–Kier alpha value is -2.94. The Kier molecular flexibility index (Phi) is 4.30. The van der Waals surface area contributed by atoms with Gasteiger partial charge >= 0.3 is 0 Å². The zero-order valence-electron chi connectivity index (χ0n) is 14.0. The summed E-state index contributed by atoms with van der Waals surface area (Å²) in [5, 5.41) is 0. The minimum Gasteiger partial charge on any atom is -0.306 e. The van der Waals surface area contributed by atoms with Crippen LogP contribution in [0, 0.1) is 5.92 Å². The third kappa shape index (κ3) is 3.61. The van der Waals surface area contributed by atoms with E-state index in [0.717, 1.165) is 35.3 Å². The van der Waals surface area contributed by atoms with Crippen LogP contribution in [0.4, 0.5) is 5.69 Å². The maximum Gasteiger partial charge on any atom is 0.230 e. The number of aromatic nitrogens is 1. The van der Waals surface area contributed by atoms with Crippen LogP contribution in [0.15, 0.2) is 79.0 Å². The van der Waals surface area contributed by atoms with Crippen LogP contribution >= 0.6 is 0 Å². The highest BCUT2D eigenvalue weighted by Crippen LogP contribution is 2.34. The van der Waals surface area contributed by atoms with E-state index in [4.69, 9.17) is 0 Å². The second kappa shape index (κ2) is 6.89. The SMILES string of the molecule is O=C(C1CC1)N(Cc1ccccn1)c1cccc(-c2ccccc2)c1. The number of benzene rings is 2. The smallest absolute Gasteiger partial charge is 0.230 e. The molecule has 0 unspecified atom stereocenters. The summed E-state index contributed by atoms with van der Waals surface area (Å²) in [5.41, 5.74) is 4.11. The van der Waals surface area contributed by atoms with Crippen LogP contribution in [-0.2, 0) is 11.3 Å². The normalized spacial score (nSPS) is 13.4. The van der Waals surface area contributed by atoms with Crippen LogP contribution in [0.5, 0.6) is 0 Å². The van der Waals surface area contributed by atoms with Gasteiger partial charge in [-0.2, -0.15) is 0 Å². The summed E-state index contributed by atoms with van der Waals surface area (Å²) in [6.07, 6.45) is 3.77. The first kappa shape index (κ1) is 15.6. The molecule has 1 aliphatic carbocycles. The molecule has 3 nitrogen and oxygen atoms in total. The molecule has 0 saturated heterocycles. The van der Waals surface area contributed by atoms with E-state index in [1.54, 1.807) is 6.20 Å². The van der Waals surface area contributed by atoms with E-state index in [1.165, 1.54) is 0 Å². The van der Waals surface area contributed by atoms with Gasteiger partial charge in [0.05, 0.1) is 12.2 Å². The molecule has 1 amide bonds.